The standard InChI is InChI=1S/C20H13NO5/c22-21(23)16-10-15-14-4-2-1-3-12(14)5-7-17(15)26-20(16)13-6-8-18-19(9-13)25-11-24-18/h1-10,20H,11H2/t20-/m0/s1. The summed E-state index contributed by atoms with van der Waals surface area (Å²) in [5, 5.41) is 13.7. The molecule has 1 atom stereocenters. The lowest BCUT2D eigenvalue weighted by molar-refractivity contribution is -0.434. The first-order valence-corrected chi connectivity index (χ1v) is 8.14. The maximum absolute atomic E-state index is 11.7. The van der Waals surface area contributed by atoms with Crippen LogP contribution >= 0.6 is 0 Å². The van der Waals surface area contributed by atoms with Crippen LogP contribution in [0.25, 0.3) is 16.8 Å². The molecule has 0 N–H and O–H groups in total. The number of nitro groups is 1. The van der Waals surface area contributed by atoms with Gasteiger partial charge in [-0.2, -0.15) is 0 Å². The predicted molar refractivity (Wildman–Crippen MR) is 94.9 cm³/mol. The highest BCUT2D eigenvalue weighted by molar-refractivity contribution is 5.93. The molecule has 0 saturated carbocycles. The summed E-state index contributed by atoms with van der Waals surface area (Å²) in [6.45, 7) is 0.150. The number of nitrogens with zero attached hydrogens (tertiary/aromatic N) is 1. The van der Waals surface area contributed by atoms with Crippen molar-refractivity contribution in [1.29, 1.82) is 0 Å². The van der Waals surface area contributed by atoms with Crippen LogP contribution < -0.4 is 14.2 Å². The minimum absolute atomic E-state index is 0.00674. The summed E-state index contributed by atoms with van der Waals surface area (Å²) >= 11 is 0. The van der Waals surface area contributed by atoms with Crippen molar-refractivity contribution in [3.05, 3.63) is 81.5 Å². The van der Waals surface area contributed by atoms with Crippen molar-refractivity contribution >= 4 is 16.8 Å². The minimum Gasteiger partial charge on any atom is -0.474 e. The molecular weight excluding hydrogens is 334 g/mol. The molecule has 6 heteroatoms. The summed E-state index contributed by atoms with van der Waals surface area (Å²) in [6, 6.07) is 16.8. The van der Waals surface area contributed by atoms with Gasteiger partial charge in [0.25, 0.3) is 5.70 Å². The Labute approximate surface area is 148 Å². The fraction of sp³-hybridized carbons (Fsp3) is 0.100. The molecule has 26 heavy (non-hydrogen) atoms. The van der Waals surface area contributed by atoms with E-state index in [9.17, 15) is 10.1 Å². The smallest absolute Gasteiger partial charge is 0.291 e. The molecule has 0 saturated heterocycles. The van der Waals surface area contributed by atoms with Gasteiger partial charge in [-0.1, -0.05) is 36.4 Å². The second-order valence-corrected chi connectivity index (χ2v) is 6.14. The van der Waals surface area contributed by atoms with Gasteiger partial charge in [-0.05, 0) is 29.0 Å². The first-order chi connectivity index (χ1) is 12.7. The normalized spacial score (nSPS) is 17.4. The van der Waals surface area contributed by atoms with Gasteiger partial charge in [-0.3, -0.25) is 10.1 Å². The lowest BCUT2D eigenvalue weighted by atomic mass is 9.97. The molecule has 2 heterocycles. The fourth-order valence-corrected chi connectivity index (χ4v) is 3.40. The van der Waals surface area contributed by atoms with E-state index in [-0.39, 0.29) is 17.4 Å². The fourth-order valence-electron chi connectivity index (χ4n) is 3.40. The van der Waals surface area contributed by atoms with Crippen molar-refractivity contribution in [3.63, 3.8) is 0 Å². The monoisotopic (exact) mass is 347 g/mol. The highest BCUT2D eigenvalue weighted by Gasteiger charge is 2.34. The molecule has 0 fully saturated rings. The van der Waals surface area contributed by atoms with Gasteiger partial charge < -0.3 is 14.2 Å². The van der Waals surface area contributed by atoms with Gasteiger partial charge in [0.15, 0.2) is 11.5 Å². The van der Waals surface area contributed by atoms with Crippen LogP contribution in [0.3, 0.4) is 0 Å². The third kappa shape index (κ3) is 2.19. The van der Waals surface area contributed by atoms with Crippen LogP contribution in [0.4, 0.5) is 0 Å². The average Bonchev–Trinajstić information content (AvgIpc) is 3.14. The van der Waals surface area contributed by atoms with Crippen LogP contribution in [0.1, 0.15) is 17.2 Å². The Balaban J connectivity index is 1.66. The van der Waals surface area contributed by atoms with Crippen LogP contribution in [0.5, 0.6) is 17.2 Å². The van der Waals surface area contributed by atoms with E-state index in [4.69, 9.17) is 14.2 Å². The van der Waals surface area contributed by atoms with Gasteiger partial charge in [0, 0.05) is 17.2 Å². The number of hydrogen-bond donors (Lipinski definition) is 0. The molecule has 3 aromatic carbocycles. The zero-order valence-corrected chi connectivity index (χ0v) is 13.5. The lowest BCUT2D eigenvalue weighted by Crippen LogP contribution is -2.19. The minimum atomic E-state index is -0.812. The SMILES string of the molecule is O=[N+]([O-])C1=Cc2c(ccc3ccccc23)O[C@H]1c1ccc2c(c1)OCO2. The zero-order chi connectivity index (χ0) is 17.7. The summed E-state index contributed by atoms with van der Waals surface area (Å²) in [4.78, 5) is 11.3. The number of ether oxygens (including phenoxy) is 3. The van der Waals surface area contributed by atoms with Gasteiger partial charge in [0.05, 0.1) is 4.92 Å². The average molecular weight is 347 g/mol. The first-order valence-electron chi connectivity index (χ1n) is 8.14. The molecule has 0 radical (unpaired) electrons. The topological polar surface area (TPSA) is 70.8 Å². The molecule has 2 aliphatic rings. The van der Waals surface area contributed by atoms with Crippen molar-refractivity contribution in [2.75, 3.05) is 6.79 Å². The van der Waals surface area contributed by atoms with Crippen LogP contribution in [0.2, 0.25) is 0 Å². The third-order valence-corrected chi connectivity index (χ3v) is 4.65. The van der Waals surface area contributed by atoms with Crippen molar-refractivity contribution < 1.29 is 19.1 Å². The first kappa shape index (κ1) is 14.8. The second kappa shape index (κ2) is 5.49. The van der Waals surface area contributed by atoms with Gasteiger partial charge in [0.2, 0.25) is 12.9 Å². The summed E-state index contributed by atoms with van der Waals surface area (Å²) < 4.78 is 16.7. The summed E-state index contributed by atoms with van der Waals surface area (Å²) in [5.41, 5.74) is 1.37. The summed E-state index contributed by atoms with van der Waals surface area (Å²) in [7, 11) is 0. The van der Waals surface area contributed by atoms with E-state index in [1.54, 1.807) is 24.3 Å². The third-order valence-electron chi connectivity index (χ3n) is 4.65. The van der Waals surface area contributed by atoms with Crippen molar-refractivity contribution in [2.45, 2.75) is 6.10 Å². The van der Waals surface area contributed by atoms with Crippen LogP contribution in [-0.2, 0) is 0 Å². The van der Waals surface area contributed by atoms with Crippen molar-refractivity contribution in [1.82, 2.24) is 0 Å². The van der Waals surface area contributed by atoms with E-state index < -0.39 is 6.10 Å². The van der Waals surface area contributed by atoms with Gasteiger partial charge in [0.1, 0.15) is 5.75 Å². The largest absolute Gasteiger partial charge is 0.474 e. The van der Waals surface area contributed by atoms with E-state index in [2.05, 4.69) is 0 Å². The molecule has 0 aliphatic carbocycles. The molecule has 0 unspecified atom stereocenters. The Morgan fingerprint density at radius 2 is 1.77 bits per heavy atom. The van der Waals surface area contributed by atoms with Gasteiger partial charge in [-0.25, -0.2) is 0 Å². The molecule has 0 spiro atoms. The van der Waals surface area contributed by atoms with E-state index >= 15 is 0 Å². The molecule has 6 nitrogen and oxygen atoms in total. The van der Waals surface area contributed by atoms with E-state index in [0.717, 1.165) is 16.3 Å². The summed E-state index contributed by atoms with van der Waals surface area (Å²) in [5.74, 6) is 1.82. The molecule has 0 bridgehead atoms. The number of benzene rings is 3. The van der Waals surface area contributed by atoms with Gasteiger partial charge in [-0.15, -0.1) is 0 Å². The number of rotatable bonds is 2. The Bertz CT molecular complexity index is 1090. The zero-order valence-electron chi connectivity index (χ0n) is 13.5. The quantitative estimate of drug-likeness (QED) is 0.510. The maximum Gasteiger partial charge on any atom is 0.291 e. The van der Waals surface area contributed by atoms with Crippen LogP contribution in [0.15, 0.2) is 60.3 Å². The molecule has 0 aromatic heterocycles. The Morgan fingerprint density at radius 3 is 2.65 bits per heavy atom. The highest BCUT2D eigenvalue weighted by atomic mass is 16.7. The van der Waals surface area contributed by atoms with E-state index in [1.807, 2.05) is 36.4 Å². The molecule has 5 rings (SSSR count). The number of fused-ring (bicyclic) bond motifs is 4. The molecule has 2 aliphatic heterocycles. The van der Waals surface area contributed by atoms with Crippen molar-refractivity contribution in [2.24, 2.45) is 0 Å². The Kier molecular flexibility index (Phi) is 3.12. The molecule has 0 amide bonds. The van der Waals surface area contributed by atoms with Crippen LogP contribution in [-0.4, -0.2) is 11.7 Å². The molecule has 128 valence electrons. The maximum atomic E-state index is 11.7. The molecule has 3 aromatic rings. The lowest BCUT2D eigenvalue weighted by Gasteiger charge is -2.23. The second-order valence-electron chi connectivity index (χ2n) is 6.14. The summed E-state index contributed by atoms with van der Waals surface area (Å²) in [6.07, 6.45) is 0.796. The number of hydrogen-bond acceptors (Lipinski definition) is 5. The Morgan fingerprint density at radius 1 is 0.962 bits per heavy atom. The van der Waals surface area contributed by atoms with E-state index in [0.29, 0.717) is 22.8 Å². The highest BCUT2D eigenvalue weighted by Crippen LogP contribution is 2.43. The van der Waals surface area contributed by atoms with Crippen molar-refractivity contribution in [3.8, 4) is 17.2 Å². The van der Waals surface area contributed by atoms with E-state index in [1.165, 1.54) is 0 Å². The predicted octanol–water partition coefficient (Wildman–Crippen LogP) is 4.32. The van der Waals surface area contributed by atoms with Gasteiger partial charge >= 0.3 is 0 Å². The molecular formula is C20H13NO5. The Hall–Kier alpha value is -3.54. The van der Waals surface area contributed by atoms with Crippen LogP contribution in [0, 0.1) is 10.1 Å².